The van der Waals surface area contributed by atoms with Crippen molar-refractivity contribution < 1.29 is 14.3 Å². The SMILES string of the molecule is COc1ccc(C(=O)Cl)cc1C(=O)NCc1cccnc1. The lowest BCUT2D eigenvalue weighted by molar-refractivity contribution is 0.0948. The van der Waals surface area contributed by atoms with Crippen LogP contribution in [0.1, 0.15) is 26.3 Å². The van der Waals surface area contributed by atoms with Gasteiger partial charge in [-0.15, -0.1) is 0 Å². The summed E-state index contributed by atoms with van der Waals surface area (Å²) in [5.74, 6) is 0.0239. The van der Waals surface area contributed by atoms with Gasteiger partial charge in [-0.3, -0.25) is 14.6 Å². The summed E-state index contributed by atoms with van der Waals surface area (Å²) in [5.41, 5.74) is 1.37. The highest BCUT2D eigenvalue weighted by atomic mass is 35.5. The number of methoxy groups -OCH3 is 1. The van der Waals surface area contributed by atoms with Gasteiger partial charge in [-0.2, -0.15) is 0 Å². The van der Waals surface area contributed by atoms with Gasteiger partial charge in [-0.1, -0.05) is 6.07 Å². The van der Waals surface area contributed by atoms with Gasteiger partial charge in [0.1, 0.15) is 5.75 Å². The van der Waals surface area contributed by atoms with Gasteiger partial charge in [0.05, 0.1) is 12.7 Å². The summed E-state index contributed by atoms with van der Waals surface area (Å²) in [5, 5.41) is 2.12. The molecule has 21 heavy (non-hydrogen) atoms. The molecule has 0 aliphatic heterocycles. The van der Waals surface area contributed by atoms with Gasteiger partial charge in [-0.25, -0.2) is 0 Å². The molecule has 0 bridgehead atoms. The van der Waals surface area contributed by atoms with E-state index in [-0.39, 0.29) is 17.0 Å². The van der Waals surface area contributed by atoms with Crippen LogP contribution in [0.25, 0.3) is 0 Å². The van der Waals surface area contributed by atoms with Gasteiger partial charge in [0, 0.05) is 24.5 Å². The highest BCUT2D eigenvalue weighted by molar-refractivity contribution is 6.67. The summed E-state index contributed by atoms with van der Waals surface area (Å²) in [6, 6.07) is 8.09. The Balaban J connectivity index is 2.17. The molecule has 0 fully saturated rings. The zero-order chi connectivity index (χ0) is 15.2. The first kappa shape index (κ1) is 15.0. The van der Waals surface area contributed by atoms with Crippen LogP contribution in [-0.4, -0.2) is 23.2 Å². The number of halogens is 1. The lowest BCUT2D eigenvalue weighted by Crippen LogP contribution is -2.23. The van der Waals surface area contributed by atoms with E-state index < -0.39 is 5.24 Å². The average Bonchev–Trinajstić information content (AvgIpc) is 2.52. The van der Waals surface area contributed by atoms with Crippen LogP contribution in [0.2, 0.25) is 0 Å². The van der Waals surface area contributed by atoms with Gasteiger partial charge in [0.15, 0.2) is 0 Å². The third kappa shape index (κ3) is 3.79. The van der Waals surface area contributed by atoms with Crippen molar-refractivity contribution in [3.63, 3.8) is 0 Å². The van der Waals surface area contributed by atoms with Crippen molar-refractivity contribution in [1.82, 2.24) is 10.3 Å². The molecular weight excluding hydrogens is 292 g/mol. The molecule has 1 N–H and O–H groups in total. The van der Waals surface area contributed by atoms with E-state index in [0.717, 1.165) is 5.56 Å². The molecule has 1 amide bonds. The minimum absolute atomic E-state index is 0.240. The Morgan fingerprint density at radius 1 is 1.33 bits per heavy atom. The van der Waals surface area contributed by atoms with Gasteiger partial charge in [-0.05, 0) is 41.4 Å². The minimum Gasteiger partial charge on any atom is -0.496 e. The first-order chi connectivity index (χ1) is 10.1. The van der Waals surface area contributed by atoms with Crippen LogP contribution in [0.4, 0.5) is 0 Å². The number of aromatic nitrogens is 1. The van der Waals surface area contributed by atoms with Crippen LogP contribution in [0.15, 0.2) is 42.7 Å². The fourth-order valence-electron chi connectivity index (χ4n) is 1.79. The topological polar surface area (TPSA) is 68.3 Å². The molecule has 108 valence electrons. The van der Waals surface area contributed by atoms with Gasteiger partial charge in [0.25, 0.3) is 11.1 Å². The van der Waals surface area contributed by atoms with Crippen LogP contribution < -0.4 is 10.1 Å². The fourth-order valence-corrected chi connectivity index (χ4v) is 1.91. The molecule has 6 heteroatoms. The predicted molar refractivity (Wildman–Crippen MR) is 78.6 cm³/mol. The maximum Gasteiger partial charge on any atom is 0.255 e. The van der Waals surface area contributed by atoms with Crippen molar-refractivity contribution in [2.75, 3.05) is 7.11 Å². The fraction of sp³-hybridized carbons (Fsp3) is 0.133. The maximum absolute atomic E-state index is 12.2. The highest BCUT2D eigenvalue weighted by Crippen LogP contribution is 2.21. The second-order valence-electron chi connectivity index (χ2n) is 4.23. The minimum atomic E-state index is -0.626. The zero-order valence-electron chi connectivity index (χ0n) is 11.3. The summed E-state index contributed by atoms with van der Waals surface area (Å²) in [6.07, 6.45) is 3.32. The zero-order valence-corrected chi connectivity index (χ0v) is 12.1. The van der Waals surface area contributed by atoms with E-state index in [4.69, 9.17) is 16.3 Å². The van der Waals surface area contributed by atoms with E-state index in [1.165, 1.54) is 25.3 Å². The largest absolute Gasteiger partial charge is 0.496 e. The third-order valence-corrected chi connectivity index (χ3v) is 3.07. The molecule has 0 unspecified atom stereocenters. The summed E-state index contributed by atoms with van der Waals surface area (Å²) in [4.78, 5) is 27.4. The number of hydrogen-bond acceptors (Lipinski definition) is 4. The van der Waals surface area contributed by atoms with E-state index in [0.29, 0.717) is 12.3 Å². The molecule has 0 radical (unpaired) electrons. The number of hydrogen-bond donors (Lipinski definition) is 1. The number of carbonyl (C=O) groups excluding carboxylic acids is 2. The molecule has 0 saturated carbocycles. The molecule has 2 rings (SSSR count). The number of amides is 1. The van der Waals surface area contributed by atoms with Gasteiger partial charge < -0.3 is 10.1 Å². The second kappa shape index (κ2) is 6.85. The Hall–Kier alpha value is -2.40. The molecule has 0 saturated heterocycles. The standard InChI is InChI=1S/C15H13ClN2O3/c1-21-13-5-4-11(14(16)19)7-12(13)15(20)18-9-10-3-2-6-17-8-10/h2-8H,9H2,1H3,(H,18,20). The van der Waals surface area contributed by atoms with Gasteiger partial charge >= 0.3 is 0 Å². The first-order valence-corrected chi connectivity index (χ1v) is 6.54. The smallest absolute Gasteiger partial charge is 0.255 e. The lowest BCUT2D eigenvalue weighted by Gasteiger charge is -2.10. The van der Waals surface area contributed by atoms with Crippen LogP contribution >= 0.6 is 11.6 Å². The second-order valence-corrected chi connectivity index (χ2v) is 4.58. The first-order valence-electron chi connectivity index (χ1n) is 6.17. The number of carbonyl (C=O) groups is 2. The molecule has 1 aromatic heterocycles. The Bertz CT molecular complexity index is 659. The van der Waals surface area contributed by atoms with Gasteiger partial charge in [0.2, 0.25) is 0 Å². The number of nitrogens with one attached hydrogen (secondary N) is 1. The van der Waals surface area contributed by atoms with Crippen molar-refractivity contribution in [2.45, 2.75) is 6.54 Å². The molecule has 2 aromatic rings. The van der Waals surface area contributed by atoms with E-state index in [1.807, 2.05) is 6.07 Å². The summed E-state index contributed by atoms with van der Waals surface area (Å²) in [6.45, 7) is 0.328. The molecule has 0 atom stereocenters. The van der Waals surface area contributed by atoms with Crippen molar-refractivity contribution >= 4 is 22.8 Å². The molecule has 0 aliphatic rings. The molecular formula is C15H13ClN2O3. The van der Waals surface area contributed by atoms with E-state index in [2.05, 4.69) is 10.3 Å². The van der Waals surface area contributed by atoms with Crippen molar-refractivity contribution in [1.29, 1.82) is 0 Å². The van der Waals surface area contributed by atoms with Crippen LogP contribution in [0, 0.1) is 0 Å². The highest BCUT2D eigenvalue weighted by Gasteiger charge is 2.15. The number of nitrogens with zero attached hydrogens (tertiary/aromatic N) is 1. The lowest BCUT2D eigenvalue weighted by atomic mass is 10.1. The number of pyridine rings is 1. The summed E-state index contributed by atoms with van der Waals surface area (Å²) < 4.78 is 5.13. The van der Waals surface area contributed by atoms with Crippen molar-refractivity contribution in [3.05, 3.63) is 59.4 Å². The Morgan fingerprint density at radius 3 is 2.76 bits per heavy atom. The average molecular weight is 305 g/mol. The van der Waals surface area contributed by atoms with E-state index in [9.17, 15) is 9.59 Å². The van der Waals surface area contributed by atoms with Crippen molar-refractivity contribution in [2.24, 2.45) is 0 Å². The number of benzene rings is 1. The van der Waals surface area contributed by atoms with Crippen molar-refractivity contribution in [3.8, 4) is 5.75 Å². The third-order valence-electron chi connectivity index (χ3n) is 2.85. The van der Waals surface area contributed by atoms with E-state index in [1.54, 1.807) is 18.5 Å². The summed E-state index contributed by atoms with van der Waals surface area (Å²) >= 11 is 5.43. The normalized spacial score (nSPS) is 10.0. The van der Waals surface area contributed by atoms with Crippen LogP contribution in [-0.2, 0) is 6.54 Å². The molecule has 0 aliphatic carbocycles. The monoisotopic (exact) mass is 304 g/mol. The molecule has 1 heterocycles. The maximum atomic E-state index is 12.2. The Labute approximate surface area is 126 Å². The molecule has 5 nitrogen and oxygen atoms in total. The predicted octanol–water partition coefficient (Wildman–Crippen LogP) is 2.40. The van der Waals surface area contributed by atoms with Crippen LogP contribution in [0.3, 0.4) is 0 Å². The molecule has 1 aromatic carbocycles. The Morgan fingerprint density at radius 2 is 2.14 bits per heavy atom. The van der Waals surface area contributed by atoms with Crippen LogP contribution in [0.5, 0.6) is 5.75 Å². The van der Waals surface area contributed by atoms with E-state index >= 15 is 0 Å². The summed E-state index contributed by atoms with van der Waals surface area (Å²) in [7, 11) is 1.45. The number of ether oxygens (including phenoxy) is 1. The molecule has 0 spiro atoms. The Kier molecular flexibility index (Phi) is 4.90. The number of rotatable bonds is 5. The quantitative estimate of drug-likeness (QED) is 0.861.